The third kappa shape index (κ3) is 4.09. The van der Waals surface area contributed by atoms with Gasteiger partial charge >= 0.3 is 0 Å². The summed E-state index contributed by atoms with van der Waals surface area (Å²) in [4.78, 5) is 39.3. The molecule has 9 nitrogen and oxygen atoms in total. The fourth-order valence-corrected chi connectivity index (χ4v) is 4.57. The Morgan fingerprint density at radius 3 is 2.41 bits per heavy atom. The minimum Gasteiger partial charge on any atom is -0.493 e. The summed E-state index contributed by atoms with van der Waals surface area (Å²) >= 11 is 0. The van der Waals surface area contributed by atoms with Crippen LogP contribution in [0, 0.1) is 5.92 Å². The largest absolute Gasteiger partial charge is 0.493 e. The van der Waals surface area contributed by atoms with E-state index in [9.17, 15) is 9.59 Å². The van der Waals surface area contributed by atoms with Crippen molar-refractivity contribution in [2.75, 3.05) is 49.0 Å². The molecule has 0 spiro atoms. The van der Waals surface area contributed by atoms with Crippen LogP contribution in [0.3, 0.4) is 0 Å². The van der Waals surface area contributed by atoms with Gasteiger partial charge in [-0.3, -0.25) is 9.59 Å². The summed E-state index contributed by atoms with van der Waals surface area (Å²) in [5.41, 5.74) is 2.18. The Kier molecular flexibility index (Phi) is 5.91. The number of amides is 2. The standard InChI is InChI=1S/C25H27N5O4/c1-33-20-10-9-17(14-21(20)34-2)30-15-16(13-22(30)31)25(32)28-23-24(29-11-5-6-12-29)27-19-8-4-3-7-18(19)26-23/h3-4,7-10,14,16H,5-6,11-13,15H2,1-2H3,(H,26,28,32)/t16-/m1/s1. The van der Waals surface area contributed by atoms with Crippen LogP contribution in [0.5, 0.6) is 11.5 Å². The Morgan fingerprint density at radius 2 is 1.71 bits per heavy atom. The van der Waals surface area contributed by atoms with Crippen LogP contribution in [0.4, 0.5) is 17.3 Å². The monoisotopic (exact) mass is 461 g/mol. The number of ether oxygens (including phenoxy) is 2. The zero-order valence-electron chi connectivity index (χ0n) is 19.3. The van der Waals surface area contributed by atoms with Gasteiger partial charge in [-0.15, -0.1) is 0 Å². The first-order chi connectivity index (χ1) is 16.6. The van der Waals surface area contributed by atoms with Crippen LogP contribution in [-0.4, -0.2) is 55.6 Å². The number of fused-ring (bicyclic) bond motifs is 1. The average molecular weight is 462 g/mol. The van der Waals surface area contributed by atoms with Crippen molar-refractivity contribution in [2.24, 2.45) is 5.92 Å². The van der Waals surface area contributed by atoms with E-state index in [1.807, 2.05) is 24.3 Å². The van der Waals surface area contributed by atoms with Crippen LogP contribution in [0.2, 0.25) is 0 Å². The van der Waals surface area contributed by atoms with Crippen LogP contribution in [0.1, 0.15) is 19.3 Å². The molecular formula is C25H27N5O4. The summed E-state index contributed by atoms with van der Waals surface area (Å²) in [7, 11) is 3.11. The number of anilines is 3. The van der Waals surface area contributed by atoms with Gasteiger partial charge in [-0.2, -0.15) is 0 Å². The van der Waals surface area contributed by atoms with Crippen molar-refractivity contribution in [3.8, 4) is 11.5 Å². The highest BCUT2D eigenvalue weighted by molar-refractivity contribution is 6.04. The lowest BCUT2D eigenvalue weighted by atomic mass is 10.1. The van der Waals surface area contributed by atoms with Gasteiger partial charge in [0.05, 0.1) is 31.2 Å². The highest BCUT2D eigenvalue weighted by Gasteiger charge is 2.36. The molecule has 34 heavy (non-hydrogen) atoms. The van der Waals surface area contributed by atoms with Gasteiger partial charge in [0, 0.05) is 37.8 Å². The van der Waals surface area contributed by atoms with Crippen LogP contribution >= 0.6 is 0 Å². The first-order valence-corrected chi connectivity index (χ1v) is 11.4. The Morgan fingerprint density at radius 1 is 1.00 bits per heavy atom. The molecule has 1 aromatic heterocycles. The van der Waals surface area contributed by atoms with Gasteiger partial charge in [0.15, 0.2) is 23.1 Å². The van der Waals surface area contributed by atoms with Crippen LogP contribution < -0.4 is 24.6 Å². The number of nitrogens with one attached hydrogen (secondary N) is 1. The number of aromatic nitrogens is 2. The maximum absolute atomic E-state index is 13.2. The van der Waals surface area contributed by atoms with E-state index >= 15 is 0 Å². The van der Waals surface area contributed by atoms with E-state index in [2.05, 4.69) is 10.2 Å². The smallest absolute Gasteiger partial charge is 0.231 e. The molecule has 1 atom stereocenters. The minimum atomic E-state index is -0.500. The summed E-state index contributed by atoms with van der Waals surface area (Å²) in [5, 5.41) is 2.98. The SMILES string of the molecule is COc1ccc(N2C[C@H](C(=O)Nc3nc4ccccc4nc3N3CCCC3)CC2=O)cc1OC. The predicted octanol–water partition coefficient (Wildman–Crippen LogP) is 3.24. The molecule has 2 fully saturated rings. The van der Waals surface area contributed by atoms with Crippen LogP contribution in [0.25, 0.3) is 11.0 Å². The van der Waals surface area contributed by atoms with Gasteiger partial charge in [0.2, 0.25) is 11.8 Å². The van der Waals surface area contributed by atoms with Gasteiger partial charge < -0.3 is 24.6 Å². The van der Waals surface area contributed by atoms with Crippen molar-refractivity contribution in [2.45, 2.75) is 19.3 Å². The molecule has 9 heteroatoms. The second-order valence-corrected chi connectivity index (χ2v) is 8.51. The number of rotatable bonds is 6. The second kappa shape index (κ2) is 9.17. The summed E-state index contributed by atoms with van der Waals surface area (Å²) in [6.45, 7) is 2.04. The molecule has 0 radical (unpaired) electrons. The molecule has 3 aromatic rings. The first-order valence-electron chi connectivity index (χ1n) is 11.4. The lowest BCUT2D eigenvalue weighted by Crippen LogP contribution is -2.29. The molecular weight excluding hydrogens is 434 g/mol. The topological polar surface area (TPSA) is 96.9 Å². The van der Waals surface area contributed by atoms with Crippen molar-refractivity contribution in [3.63, 3.8) is 0 Å². The molecule has 5 rings (SSSR count). The Balaban J connectivity index is 1.38. The van der Waals surface area contributed by atoms with Gasteiger partial charge in [-0.25, -0.2) is 9.97 Å². The number of hydrogen-bond donors (Lipinski definition) is 1. The maximum Gasteiger partial charge on any atom is 0.231 e. The molecule has 176 valence electrons. The average Bonchev–Trinajstić information content (AvgIpc) is 3.53. The third-order valence-corrected chi connectivity index (χ3v) is 6.37. The van der Waals surface area contributed by atoms with Crippen molar-refractivity contribution in [1.29, 1.82) is 0 Å². The van der Waals surface area contributed by atoms with Gasteiger partial charge in [-0.05, 0) is 37.1 Å². The number of carbonyl (C=O) groups is 2. The first kappa shape index (κ1) is 21.9. The zero-order chi connectivity index (χ0) is 23.7. The molecule has 0 unspecified atom stereocenters. The van der Waals surface area contributed by atoms with E-state index in [0.29, 0.717) is 28.8 Å². The summed E-state index contributed by atoms with van der Waals surface area (Å²) in [6.07, 6.45) is 2.29. The van der Waals surface area contributed by atoms with Crippen LogP contribution in [0.15, 0.2) is 42.5 Å². The molecule has 1 N–H and O–H groups in total. The quantitative estimate of drug-likeness (QED) is 0.602. The number of benzene rings is 2. The van der Waals surface area contributed by atoms with Gasteiger partial charge in [0.25, 0.3) is 0 Å². The fourth-order valence-electron chi connectivity index (χ4n) is 4.57. The van der Waals surface area contributed by atoms with Crippen molar-refractivity contribution in [3.05, 3.63) is 42.5 Å². The van der Waals surface area contributed by atoms with E-state index in [1.54, 1.807) is 37.3 Å². The van der Waals surface area contributed by atoms with Crippen molar-refractivity contribution in [1.82, 2.24) is 9.97 Å². The molecule has 2 saturated heterocycles. The van der Waals surface area contributed by atoms with E-state index in [-0.39, 0.29) is 24.8 Å². The lowest BCUT2D eigenvalue weighted by Gasteiger charge is -2.21. The van der Waals surface area contributed by atoms with Crippen molar-refractivity contribution < 1.29 is 19.1 Å². The molecule has 0 bridgehead atoms. The normalized spacial score (nSPS) is 17.9. The van der Waals surface area contributed by atoms with E-state index in [0.717, 1.165) is 37.0 Å². The van der Waals surface area contributed by atoms with Crippen LogP contribution in [-0.2, 0) is 9.59 Å². The van der Waals surface area contributed by atoms with E-state index in [4.69, 9.17) is 19.4 Å². The lowest BCUT2D eigenvalue weighted by molar-refractivity contribution is -0.122. The number of methoxy groups -OCH3 is 2. The molecule has 2 aliphatic heterocycles. The number of hydrogen-bond acceptors (Lipinski definition) is 7. The Bertz CT molecular complexity index is 1240. The van der Waals surface area contributed by atoms with E-state index in [1.165, 1.54) is 0 Å². The predicted molar refractivity (Wildman–Crippen MR) is 130 cm³/mol. The minimum absolute atomic E-state index is 0.114. The molecule has 3 heterocycles. The number of carbonyl (C=O) groups excluding carboxylic acids is 2. The Labute approximate surface area is 197 Å². The van der Waals surface area contributed by atoms with Crippen molar-refractivity contribution >= 4 is 40.2 Å². The van der Waals surface area contributed by atoms with Gasteiger partial charge in [0.1, 0.15) is 0 Å². The summed E-state index contributed by atoms with van der Waals surface area (Å²) in [6, 6.07) is 12.9. The van der Waals surface area contributed by atoms with E-state index < -0.39 is 5.92 Å². The maximum atomic E-state index is 13.2. The molecule has 2 aromatic carbocycles. The molecule has 2 amide bonds. The molecule has 2 aliphatic rings. The zero-order valence-corrected chi connectivity index (χ0v) is 19.3. The fraction of sp³-hybridized carbons (Fsp3) is 0.360. The highest BCUT2D eigenvalue weighted by Crippen LogP contribution is 2.35. The highest BCUT2D eigenvalue weighted by atomic mass is 16.5. The van der Waals surface area contributed by atoms with Gasteiger partial charge in [-0.1, -0.05) is 12.1 Å². The Hall–Kier alpha value is -3.88. The number of para-hydroxylation sites is 2. The number of nitrogens with zero attached hydrogens (tertiary/aromatic N) is 4. The summed E-state index contributed by atoms with van der Waals surface area (Å²) in [5.74, 6) is 1.39. The summed E-state index contributed by atoms with van der Waals surface area (Å²) < 4.78 is 10.6. The molecule has 0 aliphatic carbocycles. The second-order valence-electron chi connectivity index (χ2n) is 8.51. The third-order valence-electron chi connectivity index (χ3n) is 6.37. The molecule has 0 saturated carbocycles.